The molecule has 0 aromatic carbocycles. The summed E-state index contributed by atoms with van der Waals surface area (Å²) < 4.78 is 5.56. The zero-order chi connectivity index (χ0) is 20.1. The smallest absolute Gasteiger partial charge is 0.407 e. The van der Waals surface area contributed by atoms with Crippen LogP contribution in [0.4, 0.5) is 4.79 Å². The zero-order valence-electron chi connectivity index (χ0n) is 16.8. The van der Waals surface area contributed by atoms with E-state index in [1.165, 1.54) is 0 Å². The van der Waals surface area contributed by atoms with Crippen LogP contribution in [0, 0.1) is 5.92 Å². The lowest BCUT2D eigenvalue weighted by molar-refractivity contribution is -0.121. The molecule has 1 saturated carbocycles. The predicted octanol–water partition coefficient (Wildman–Crippen LogP) is 1.63. The van der Waals surface area contributed by atoms with E-state index in [-0.39, 0.29) is 42.3 Å². The van der Waals surface area contributed by atoms with Crippen LogP contribution < -0.4 is 21.5 Å². The third-order valence-electron chi connectivity index (χ3n) is 5.08. The Morgan fingerprint density at radius 2 is 2.04 bits per heavy atom. The van der Waals surface area contributed by atoms with Crippen molar-refractivity contribution in [2.24, 2.45) is 5.92 Å². The molecule has 28 heavy (non-hydrogen) atoms. The second kappa shape index (κ2) is 8.87. The van der Waals surface area contributed by atoms with Gasteiger partial charge in [0.2, 0.25) is 5.91 Å². The molecule has 154 valence electrons. The van der Waals surface area contributed by atoms with Gasteiger partial charge in [0.05, 0.1) is 12.6 Å². The number of hydrogen-bond acceptors (Lipinski definition) is 6. The number of rotatable bonds is 5. The highest BCUT2D eigenvalue weighted by Crippen LogP contribution is 2.33. The molecule has 2 unspecified atom stereocenters. The van der Waals surface area contributed by atoms with Gasteiger partial charge in [-0.1, -0.05) is 6.07 Å². The van der Waals surface area contributed by atoms with Crippen molar-refractivity contribution in [3.8, 4) is 0 Å². The van der Waals surface area contributed by atoms with E-state index in [4.69, 9.17) is 4.74 Å². The maximum Gasteiger partial charge on any atom is 0.407 e. The van der Waals surface area contributed by atoms with Gasteiger partial charge in [-0.05, 0) is 64.5 Å². The van der Waals surface area contributed by atoms with E-state index in [1.54, 1.807) is 6.20 Å². The van der Waals surface area contributed by atoms with Gasteiger partial charge < -0.3 is 15.4 Å². The maximum atomic E-state index is 12.2. The Bertz CT molecular complexity index is 676. The molecule has 2 heterocycles. The van der Waals surface area contributed by atoms with Gasteiger partial charge in [0, 0.05) is 23.5 Å². The van der Waals surface area contributed by atoms with Crippen LogP contribution in [0.2, 0.25) is 0 Å². The van der Waals surface area contributed by atoms with E-state index in [1.807, 2.05) is 39.0 Å². The average Bonchev–Trinajstić information content (AvgIpc) is 3.23. The van der Waals surface area contributed by atoms with E-state index < -0.39 is 0 Å². The molecule has 1 aliphatic carbocycles. The van der Waals surface area contributed by atoms with E-state index in [0.717, 1.165) is 31.4 Å². The minimum Gasteiger partial charge on any atom is -0.446 e. The molecule has 4 atom stereocenters. The maximum absolute atomic E-state index is 12.2. The number of carbonyl (C=O) groups is 2. The lowest BCUT2D eigenvalue weighted by Crippen LogP contribution is -2.45. The minimum atomic E-state index is -0.352. The summed E-state index contributed by atoms with van der Waals surface area (Å²) in [5.74, 6) is 0.364. The summed E-state index contributed by atoms with van der Waals surface area (Å²) in [6.45, 7) is 5.80. The van der Waals surface area contributed by atoms with E-state index >= 15 is 0 Å². The standard InChI is InChI=1S/C20H31N5O3/c1-20(2,3)23-19(27)28-15-8-7-13(10-15)16-12-17(25-24-16)22-18(26)11-14-6-4-5-9-21-14/h4-6,9,13,15-17,24-25H,7-8,10-12H2,1-3H3,(H,22,26)(H,23,27)/t13-,15+,16?,17?/m0/s1. The zero-order valence-corrected chi connectivity index (χ0v) is 16.8. The highest BCUT2D eigenvalue weighted by molar-refractivity contribution is 5.78. The molecular formula is C20H31N5O3. The lowest BCUT2D eigenvalue weighted by Gasteiger charge is -2.22. The van der Waals surface area contributed by atoms with Crippen LogP contribution in [-0.4, -0.2) is 40.8 Å². The first-order chi connectivity index (χ1) is 13.3. The number of hydrazine groups is 1. The summed E-state index contributed by atoms with van der Waals surface area (Å²) in [4.78, 5) is 28.3. The third kappa shape index (κ3) is 6.17. The Balaban J connectivity index is 1.39. The van der Waals surface area contributed by atoms with Crippen molar-refractivity contribution >= 4 is 12.0 Å². The van der Waals surface area contributed by atoms with Crippen molar-refractivity contribution in [3.63, 3.8) is 0 Å². The van der Waals surface area contributed by atoms with E-state index in [2.05, 4.69) is 26.5 Å². The number of carbonyl (C=O) groups excluding carboxylic acids is 2. The number of pyridine rings is 1. The highest BCUT2D eigenvalue weighted by Gasteiger charge is 2.37. The molecule has 3 rings (SSSR count). The topological polar surface area (TPSA) is 104 Å². The van der Waals surface area contributed by atoms with Crippen LogP contribution in [-0.2, 0) is 16.0 Å². The van der Waals surface area contributed by atoms with Crippen LogP contribution in [0.3, 0.4) is 0 Å². The first kappa shape index (κ1) is 20.5. The van der Waals surface area contributed by atoms with Crippen LogP contribution in [0.15, 0.2) is 24.4 Å². The normalized spacial score (nSPS) is 27.4. The first-order valence-electron chi connectivity index (χ1n) is 9.97. The molecule has 2 aliphatic rings. The number of ether oxygens (including phenoxy) is 1. The summed E-state index contributed by atoms with van der Waals surface area (Å²) in [5, 5.41) is 5.84. The van der Waals surface area contributed by atoms with Crippen LogP contribution in [0.25, 0.3) is 0 Å². The number of hydrogen-bond donors (Lipinski definition) is 4. The van der Waals surface area contributed by atoms with Gasteiger partial charge in [0.15, 0.2) is 0 Å². The Kier molecular flexibility index (Phi) is 6.51. The molecule has 2 fully saturated rings. The number of alkyl carbamates (subject to hydrolysis) is 1. The van der Waals surface area contributed by atoms with Crippen LogP contribution >= 0.6 is 0 Å². The summed E-state index contributed by atoms with van der Waals surface area (Å²) in [5.41, 5.74) is 6.92. The van der Waals surface area contributed by atoms with Gasteiger partial charge in [-0.25, -0.2) is 10.2 Å². The Labute approximate surface area is 166 Å². The largest absolute Gasteiger partial charge is 0.446 e. The van der Waals surface area contributed by atoms with Gasteiger partial charge in [-0.2, -0.15) is 0 Å². The van der Waals surface area contributed by atoms with Gasteiger partial charge >= 0.3 is 6.09 Å². The van der Waals surface area contributed by atoms with E-state index in [0.29, 0.717) is 5.92 Å². The van der Waals surface area contributed by atoms with Gasteiger partial charge in [-0.15, -0.1) is 0 Å². The summed E-state index contributed by atoms with van der Waals surface area (Å²) in [7, 11) is 0. The third-order valence-corrected chi connectivity index (χ3v) is 5.08. The quantitative estimate of drug-likeness (QED) is 0.610. The number of amides is 2. The minimum absolute atomic E-state index is 0.0491. The first-order valence-corrected chi connectivity index (χ1v) is 9.97. The molecule has 0 spiro atoms. The van der Waals surface area contributed by atoms with Gasteiger partial charge in [-0.3, -0.25) is 15.2 Å². The van der Waals surface area contributed by atoms with Gasteiger partial charge in [0.25, 0.3) is 0 Å². The summed E-state index contributed by atoms with van der Waals surface area (Å²) in [6.07, 6.45) is 4.97. The van der Waals surface area contributed by atoms with Crippen molar-refractivity contribution < 1.29 is 14.3 Å². The SMILES string of the molecule is CC(C)(C)NC(=O)O[C@@H]1CC[C@H](C2CC(NC(=O)Cc3ccccn3)NN2)C1. The van der Waals surface area contributed by atoms with Crippen molar-refractivity contribution in [1.82, 2.24) is 26.5 Å². The summed E-state index contributed by atoms with van der Waals surface area (Å²) in [6, 6.07) is 5.80. The number of nitrogens with one attached hydrogen (secondary N) is 4. The highest BCUT2D eigenvalue weighted by atomic mass is 16.6. The fraction of sp³-hybridized carbons (Fsp3) is 0.650. The molecule has 2 amide bonds. The Morgan fingerprint density at radius 3 is 2.75 bits per heavy atom. The van der Waals surface area contributed by atoms with Crippen LogP contribution in [0.1, 0.15) is 52.1 Å². The second-order valence-corrected chi connectivity index (χ2v) is 8.72. The number of nitrogens with zero attached hydrogens (tertiary/aromatic N) is 1. The van der Waals surface area contributed by atoms with Gasteiger partial charge in [0.1, 0.15) is 6.10 Å². The predicted molar refractivity (Wildman–Crippen MR) is 105 cm³/mol. The molecule has 1 saturated heterocycles. The van der Waals surface area contributed by atoms with Crippen molar-refractivity contribution in [2.75, 3.05) is 0 Å². The van der Waals surface area contributed by atoms with Crippen molar-refractivity contribution in [2.45, 2.75) is 76.7 Å². The average molecular weight is 390 g/mol. The molecule has 4 N–H and O–H groups in total. The lowest BCUT2D eigenvalue weighted by atomic mass is 9.96. The summed E-state index contributed by atoms with van der Waals surface area (Å²) >= 11 is 0. The molecule has 1 aromatic rings. The molecule has 0 radical (unpaired) electrons. The Morgan fingerprint density at radius 1 is 1.21 bits per heavy atom. The molecule has 0 bridgehead atoms. The second-order valence-electron chi connectivity index (χ2n) is 8.72. The Hall–Kier alpha value is -2.19. The molecular weight excluding hydrogens is 358 g/mol. The van der Waals surface area contributed by atoms with Crippen molar-refractivity contribution in [1.29, 1.82) is 0 Å². The molecule has 1 aliphatic heterocycles. The fourth-order valence-electron chi connectivity index (χ4n) is 3.83. The molecule has 1 aromatic heterocycles. The van der Waals surface area contributed by atoms with E-state index in [9.17, 15) is 9.59 Å². The number of aromatic nitrogens is 1. The molecule has 8 nitrogen and oxygen atoms in total. The molecule has 8 heteroatoms. The fourth-order valence-corrected chi connectivity index (χ4v) is 3.83. The monoisotopic (exact) mass is 389 g/mol. The van der Waals surface area contributed by atoms with Crippen molar-refractivity contribution in [3.05, 3.63) is 30.1 Å². The van der Waals surface area contributed by atoms with Crippen LogP contribution in [0.5, 0.6) is 0 Å².